The van der Waals surface area contributed by atoms with Gasteiger partial charge in [-0.3, -0.25) is 14.6 Å². The first-order chi connectivity index (χ1) is 11.1. The quantitative estimate of drug-likeness (QED) is 0.939. The molecule has 0 radical (unpaired) electrons. The fourth-order valence-corrected chi connectivity index (χ4v) is 2.99. The van der Waals surface area contributed by atoms with Crippen molar-refractivity contribution in [3.05, 3.63) is 36.0 Å². The molecule has 2 heterocycles. The molecule has 1 aromatic heterocycles. The molecule has 1 aromatic carbocycles. The molecular weight excluding hydrogens is 296 g/mol. The summed E-state index contributed by atoms with van der Waals surface area (Å²) >= 11 is 0. The van der Waals surface area contributed by atoms with Gasteiger partial charge < -0.3 is 14.7 Å². The lowest BCUT2D eigenvalue weighted by Gasteiger charge is -2.30. The monoisotopic (exact) mass is 314 g/mol. The van der Waals surface area contributed by atoms with E-state index in [0.717, 1.165) is 10.9 Å². The molecule has 6 nitrogen and oxygen atoms in total. The van der Waals surface area contributed by atoms with Crippen molar-refractivity contribution in [1.29, 1.82) is 0 Å². The number of carbonyl (C=O) groups is 2. The summed E-state index contributed by atoms with van der Waals surface area (Å²) in [6.45, 7) is 0.880. The number of carbonyl (C=O) groups excluding carboxylic acids is 1. The number of para-hydroxylation sites is 1. The number of likely N-dealkylation sites (tertiary alicyclic amines) is 1. The number of methoxy groups -OCH3 is 1. The van der Waals surface area contributed by atoms with Gasteiger partial charge in [-0.15, -0.1) is 0 Å². The van der Waals surface area contributed by atoms with E-state index in [0.29, 0.717) is 37.2 Å². The van der Waals surface area contributed by atoms with Crippen molar-refractivity contribution in [3.63, 3.8) is 0 Å². The van der Waals surface area contributed by atoms with Crippen LogP contribution in [0.5, 0.6) is 5.75 Å². The van der Waals surface area contributed by atoms with E-state index < -0.39 is 5.97 Å². The lowest BCUT2D eigenvalue weighted by atomic mass is 9.96. The molecule has 1 fully saturated rings. The fourth-order valence-electron chi connectivity index (χ4n) is 2.99. The number of aromatic nitrogens is 1. The van der Waals surface area contributed by atoms with E-state index in [-0.39, 0.29) is 11.8 Å². The molecule has 0 saturated carbocycles. The largest absolute Gasteiger partial charge is 0.494 e. The molecule has 0 unspecified atom stereocenters. The van der Waals surface area contributed by atoms with Gasteiger partial charge in [0.05, 0.1) is 30.3 Å². The third-order valence-electron chi connectivity index (χ3n) is 4.31. The van der Waals surface area contributed by atoms with E-state index >= 15 is 0 Å². The van der Waals surface area contributed by atoms with E-state index in [1.807, 2.05) is 24.3 Å². The lowest BCUT2D eigenvalue weighted by molar-refractivity contribution is -0.143. The van der Waals surface area contributed by atoms with Gasteiger partial charge in [-0.1, -0.05) is 18.2 Å². The molecule has 120 valence electrons. The van der Waals surface area contributed by atoms with Crippen LogP contribution in [-0.4, -0.2) is 47.1 Å². The third-order valence-corrected chi connectivity index (χ3v) is 4.31. The van der Waals surface area contributed by atoms with Gasteiger partial charge >= 0.3 is 5.97 Å². The Morgan fingerprint density at radius 3 is 2.61 bits per heavy atom. The average molecular weight is 314 g/mol. The fraction of sp³-hybridized carbons (Fsp3) is 0.353. The summed E-state index contributed by atoms with van der Waals surface area (Å²) in [5.41, 5.74) is 1.23. The van der Waals surface area contributed by atoms with Gasteiger partial charge in [-0.2, -0.15) is 0 Å². The SMILES string of the molecule is COc1cnc2ccccc2c1C(=O)N1CCC(C(=O)O)CC1. The minimum absolute atomic E-state index is 0.135. The zero-order valence-corrected chi connectivity index (χ0v) is 12.9. The van der Waals surface area contributed by atoms with Gasteiger partial charge in [0.2, 0.25) is 0 Å². The van der Waals surface area contributed by atoms with Crippen LogP contribution in [0.1, 0.15) is 23.2 Å². The molecule has 3 rings (SSSR count). The first-order valence-corrected chi connectivity index (χ1v) is 7.55. The van der Waals surface area contributed by atoms with Crippen molar-refractivity contribution >= 4 is 22.8 Å². The number of pyridine rings is 1. The normalized spacial score (nSPS) is 15.6. The highest BCUT2D eigenvalue weighted by Crippen LogP contribution is 2.29. The standard InChI is InChI=1S/C17H18N2O4/c1-23-14-10-18-13-5-3-2-4-12(13)15(14)16(20)19-8-6-11(7-9-19)17(21)22/h2-5,10-11H,6-9H2,1H3,(H,21,22). The Hall–Kier alpha value is -2.63. The number of carboxylic acid groups (broad SMARTS) is 1. The number of benzene rings is 1. The van der Waals surface area contributed by atoms with Crippen LogP contribution < -0.4 is 4.74 Å². The Kier molecular flexibility index (Phi) is 4.14. The number of ether oxygens (including phenoxy) is 1. The number of hydrogen-bond donors (Lipinski definition) is 1. The topological polar surface area (TPSA) is 79.7 Å². The number of nitrogens with zero attached hydrogens (tertiary/aromatic N) is 2. The van der Waals surface area contributed by atoms with Crippen molar-refractivity contribution in [2.45, 2.75) is 12.8 Å². The number of hydrogen-bond acceptors (Lipinski definition) is 4. The maximum atomic E-state index is 12.9. The van der Waals surface area contributed by atoms with Crippen LogP contribution in [0, 0.1) is 5.92 Å². The first-order valence-electron chi connectivity index (χ1n) is 7.55. The number of carboxylic acids is 1. The second kappa shape index (κ2) is 6.24. The number of rotatable bonds is 3. The van der Waals surface area contributed by atoms with Gasteiger partial charge in [-0.05, 0) is 18.9 Å². The van der Waals surface area contributed by atoms with Gasteiger partial charge in [0.25, 0.3) is 5.91 Å². The highest BCUT2D eigenvalue weighted by Gasteiger charge is 2.29. The number of aliphatic carboxylic acids is 1. The van der Waals surface area contributed by atoms with Gasteiger partial charge in [0, 0.05) is 18.5 Å². The zero-order valence-electron chi connectivity index (χ0n) is 12.9. The summed E-state index contributed by atoms with van der Waals surface area (Å²) in [6, 6.07) is 7.43. The summed E-state index contributed by atoms with van der Waals surface area (Å²) in [6.07, 6.45) is 2.51. The van der Waals surface area contributed by atoms with Crippen LogP contribution in [0.25, 0.3) is 10.9 Å². The molecule has 1 aliphatic heterocycles. The van der Waals surface area contributed by atoms with Crippen LogP contribution >= 0.6 is 0 Å². The van der Waals surface area contributed by atoms with Crippen molar-refractivity contribution in [2.75, 3.05) is 20.2 Å². The number of piperidine rings is 1. The molecule has 1 saturated heterocycles. The predicted octanol–water partition coefficient (Wildman–Crippen LogP) is 2.18. The molecule has 2 aromatic rings. The third kappa shape index (κ3) is 2.84. The molecule has 0 aliphatic carbocycles. The van der Waals surface area contributed by atoms with Gasteiger partial charge in [0.15, 0.2) is 5.75 Å². The Morgan fingerprint density at radius 1 is 1.26 bits per heavy atom. The highest BCUT2D eigenvalue weighted by atomic mass is 16.5. The Morgan fingerprint density at radius 2 is 1.96 bits per heavy atom. The van der Waals surface area contributed by atoms with Crippen LogP contribution in [0.15, 0.2) is 30.5 Å². The Bertz CT molecular complexity index is 751. The van der Waals surface area contributed by atoms with Crippen molar-refractivity contribution in [3.8, 4) is 5.75 Å². The molecule has 1 aliphatic rings. The van der Waals surface area contributed by atoms with Crippen LogP contribution in [0.2, 0.25) is 0 Å². The maximum absolute atomic E-state index is 12.9. The minimum Gasteiger partial charge on any atom is -0.494 e. The van der Waals surface area contributed by atoms with E-state index in [9.17, 15) is 9.59 Å². The molecule has 23 heavy (non-hydrogen) atoms. The molecule has 0 spiro atoms. The van der Waals surface area contributed by atoms with Gasteiger partial charge in [0.1, 0.15) is 0 Å². The average Bonchev–Trinajstić information content (AvgIpc) is 2.60. The molecule has 6 heteroatoms. The number of fused-ring (bicyclic) bond motifs is 1. The maximum Gasteiger partial charge on any atom is 0.306 e. The molecule has 1 N–H and O–H groups in total. The summed E-state index contributed by atoms with van der Waals surface area (Å²) in [5.74, 6) is -0.850. The predicted molar refractivity (Wildman–Crippen MR) is 84.6 cm³/mol. The second-order valence-electron chi connectivity index (χ2n) is 5.62. The first kappa shape index (κ1) is 15.3. The number of amides is 1. The van der Waals surface area contributed by atoms with Crippen LogP contribution in [0.4, 0.5) is 0 Å². The molecule has 1 amide bonds. The zero-order chi connectivity index (χ0) is 16.4. The smallest absolute Gasteiger partial charge is 0.306 e. The van der Waals surface area contributed by atoms with E-state index in [1.54, 1.807) is 11.1 Å². The molecule has 0 atom stereocenters. The second-order valence-corrected chi connectivity index (χ2v) is 5.62. The van der Waals surface area contributed by atoms with Gasteiger partial charge in [-0.25, -0.2) is 0 Å². The van der Waals surface area contributed by atoms with Crippen LogP contribution in [-0.2, 0) is 4.79 Å². The van der Waals surface area contributed by atoms with E-state index in [4.69, 9.17) is 9.84 Å². The van der Waals surface area contributed by atoms with Crippen molar-refractivity contribution in [1.82, 2.24) is 9.88 Å². The molecular formula is C17H18N2O4. The van der Waals surface area contributed by atoms with Crippen molar-refractivity contribution < 1.29 is 19.4 Å². The van der Waals surface area contributed by atoms with E-state index in [1.165, 1.54) is 7.11 Å². The minimum atomic E-state index is -0.788. The Balaban J connectivity index is 1.93. The Labute approximate surface area is 133 Å². The lowest BCUT2D eigenvalue weighted by Crippen LogP contribution is -2.40. The summed E-state index contributed by atoms with van der Waals surface area (Å²) < 4.78 is 5.32. The van der Waals surface area contributed by atoms with Crippen molar-refractivity contribution in [2.24, 2.45) is 5.92 Å². The summed E-state index contributed by atoms with van der Waals surface area (Å²) in [4.78, 5) is 30.0. The summed E-state index contributed by atoms with van der Waals surface area (Å²) in [7, 11) is 1.51. The van der Waals surface area contributed by atoms with E-state index in [2.05, 4.69) is 4.98 Å². The van der Waals surface area contributed by atoms with Crippen LogP contribution in [0.3, 0.4) is 0 Å². The summed E-state index contributed by atoms with van der Waals surface area (Å²) in [5, 5.41) is 9.82. The molecule has 0 bridgehead atoms. The highest BCUT2D eigenvalue weighted by molar-refractivity contribution is 6.08.